The lowest BCUT2D eigenvalue weighted by molar-refractivity contribution is 0.206. The molecule has 4 rings (SSSR count). The molecule has 0 unspecified atom stereocenters. The van der Waals surface area contributed by atoms with E-state index < -0.39 is 0 Å². The first-order chi connectivity index (χ1) is 12.0. The van der Waals surface area contributed by atoms with Crippen LogP contribution in [-0.2, 0) is 13.0 Å². The van der Waals surface area contributed by atoms with Crippen molar-refractivity contribution in [2.45, 2.75) is 13.0 Å². The van der Waals surface area contributed by atoms with Crippen LogP contribution in [0.3, 0.4) is 0 Å². The first-order valence-corrected chi connectivity index (χ1v) is 8.57. The number of benzene rings is 2. The number of hydrogen-bond donors (Lipinski definition) is 2. The predicted molar refractivity (Wildman–Crippen MR) is 97.9 cm³/mol. The van der Waals surface area contributed by atoms with Crippen LogP contribution in [0.15, 0.2) is 36.4 Å². The number of halogens is 3. The van der Waals surface area contributed by atoms with Crippen molar-refractivity contribution >= 4 is 45.8 Å². The van der Waals surface area contributed by atoms with Gasteiger partial charge in [-0.05, 0) is 30.3 Å². The second kappa shape index (κ2) is 6.24. The molecule has 2 amide bonds. The van der Waals surface area contributed by atoms with Gasteiger partial charge in [-0.1, -0.05) is 29.3 Å². The van der Waals surface area contributed by atoms with Crippen LogP contribution < -0.4 is 5.32 Å². The molecule has 2 N–H and O–H groups in total. The third-order valence-electron chi connectivity index (χ3n) is 4.42. The molecule has 4 nitrogen and oxygen atoms in total. The highest BCUT2D eigenvalue weighted by Gasteiger charge is 2.24. The molecule has 0 saturated heterocycles. The van der Waals surface area contributed by atoms with E-state index >= 15 is 0 Å². The quantitative estimate of drug-likeness (QED) is 0.601. The maximum absolute atomic E-state index is 13.6. The second-order valence-electron chi connectivity index (χ2n) is 5.98. The summed E-state index contributed by atoms with van der Waals surface area (Å²) in [7, 11) is 0. The second-order valence-corrected chi connectivity index (χ2v) is 6.76. The van der Waals surface area contributed by atoms with E-state index in [9.17, 15) is 9.18 Å². The van der Waals surface area contributed by atoms with Crippen LogP contribution in [0.25, 0.3) is 10.9 Å². The Morgan fingerprint density at radius 3 is 2.92 bits per heavy atom. The number of hydrogen-bond acceptors (Lipinski definition) is 1. The molecule has 0 radical (unpaired) electrons. The Bertz CT molecular complexity index is 986. The van der Waals surface area contributed by atoms with Gasteiger partial charge >= 0.3 is 6.03 Å². The molecular weight excluding hydrogens is 364 g/mol. The Balaban J connectivity index is 1.59. The zero-order valence-corrected chi connectivity index (χ0v) is 14.6. The monoisotopic (exact) mass is 377 g/mol. The van der Waals surface area contributed by atoms with Crippen molar-refractivity contribution in [3.63, 3.8) is 0 Å². The Kier molecular flexibility index (Phi) is 4.06. The zero-order chi connectivity index (χ0) is 17.6. The Hall–Kier alpha value is -2.24. The molecule has 0 bridgehead atoms. The van der Waals surface area contributed by atoms with Gasteiger partial charge in [0, 0.05) is 41.7 Å². The van der Waals surface area contributed by atoms with E-state index in [4.69, 9.17) is 23.2 Å². The smallest absolute Gasteiger partial charge is 0.322 e. The van der Waals surface area contributed by atoms with E-state index in [1.807, 2.05) is 0 Å². The standard InChI is InChI=1S/C18H14Cl2FN3O/c19-13-2-1-3-16(17(13)20)23-18(25)24-7-6-15-12(9-24)11-8-10(21)4-5-14(11)22-15/h1-5,8,22H,6-7,9H2,(H,23,25). The fourth-order valence-electron chi connectivity index (χ4n) is 3.15. The van der Waals surface area contributed by atoms with E-state index in [2.05, 4.69) is 10.3 Å². The number of aromatic nitrogens is 1. The van der Waals surface area contributed by atoms with Crippen LogP contribution in [0, 0.1) is 5.82 Å². The number of aromatic amines is 1. The first-order valence-electron chi connectivity index (χ1n) is 7.82. The number of carbonyl (C=O) groups excluding carboxylic acids is 1. The van der Waals surface area contributed by atoms with E-state index in [-0.39, 0.29) is 11.8 Å². The van der Waals surface area contributed by atoms with Crippen molar-refractivity contribution in [2.24, 2.45) is 0 Å². The minimum atomic E-state index is -0.290. The predicted octanol–water partition coefficient (Wildman–Crippen LogP) is 5.20. The third kappa shape index (κ3) is 2.94. The van der Waals surface area contributed by atoms with Crippen LogP contribution >= 0.6 is 23.2 Å². The van der Waals surface area contributed by atoms with E-state index in [1.54, 1.807) is 29.2 Å². The van der Waals surface area contributed by atoms with E-state index in [1.165, 1.54) is 12.1 Å². The van der Waals surface area contributed by atoms with Gasteiger partial charge < -0.3 is 15.2 Å². The van der Waals surface area contributed by atoms with Crippen molar-refractivity contribution < 1.29 is 9.18 Å². The number of amides is 2. The molecule has 128 valence electrons. The molecule has 2 aromatic carbocycles. The summed E-state index contributed by atoms with van der Waals surface area (Å²) in [6.07, 6.45) is 0.683. The molecular formula is C18H14Cl2FN3O. The zero-order valence-electron chi connectivity index (χ0n) is 13.1. The van der Waals surface area contributed by atoms with Crippen LogP contribution in [0.4, 0.5) is 14.9 Å². The molecule has 0 aliphatic carbocycles. The van der Waals surface area contributed by atoms with E-state index in [0.29, 0.717) is 35.2 Å². The van der Waals surface area contributed by atoms with Gasteiger partial charge in [-0.25, -0.2) is 9.18 Å². The average molecular weight is 378 g/mol. The summed E-state index contributed by atoms with van der Waals surface area (Å²) in [4.78, 5) is 17.6. The maximum Gasteiger partial charge on any atom is 0.322 e. The molecule has 1 aliphatic rings. The molecule has 7 heteroatoms. The highest BCUT2D eigenvalue weighted by atomic mass is 35.5. The Labute approximate surface area is 153 Å². The summed E-state index contributed by atoms with van der Waals surface area (Å²) in [5.74, 6) is -0.290. The van der Waals surface area contributed by atoms with Crippen LogP contribution in [0.1, 0.15) is 11.3 Å². The molecule has 0 spiro atoms. The Morgan fingerprint density at radius 2 is 2.08 bits per heavy atom. The number of rotatable bonds is 1. The number of fused-ring (bicyclic) bond motifs is 3. The van der Waals surface area contributed by atoms with Crippen LogP contribution in [0.2, 0.25) is 10.0 Å². The molecule has 3 aromatic rings. The lowest BCUT2D eigenvalue weighted by Gasteiger charge is -2.27. The summed E-state index contributed by atoms with van der Waals surface area (Å²) in [5.41, 5.74) is 3.35. The molecule has 2 heterocycles. The van der Waals surface area contributed by atoms with E-state index in [0.717, 1.165) is 22.2 Å². The number of nitrogens with zero attached hydrogens (tertiary/aromatic N) is 1. The highest BCUT2D eigenvalue weighted by Crippen LogP contribution is 2.31. The molecule has 1 aromatic heterocycles. The third-order valence-corrected chi connectivity index (χ3v) is 5.24. The van der Waals surface area contributed by atoms with Gasteiger partial charge in [-0.2, -0.15) is 0 Å². The van der Waals surface area contributed by atoms with Crippen LogP contribution in [-0.4, -0.2) is 22.5 Å². The average Bonchev–Trinajstić information content (AvgIpc) is 2.96. The van der Waals surface area contributed by atoms with Gasteiger partial charge in [-0.15, -0.1) is 0 Å². The highest BCUT2D eigenvalue weighted by molar-refractivity contribution is 6.43. The number of H-pyrrole nitrogens is 1. The largest absolute Gasteiger partial charge is 0.358 e. The molecule has 25 heavy (non-hydrogen) atoms. The topological polar surface area (TPSA) is 48.1 Å². The van der Waals surface area contributed by atoms with Crippen molar-refractivity contribution in [2.75, 3.05) is 11.9 Å². The van der Waals surface area contributed by atoms with Gasteiger partial charge in [0.25, 0.3) is 0 Å². The van der Waals surface area contributed by atoms with Gasteiger partial charge in [0.15, 0.2) is 0 Å². The van der Waals surface area contributed by atoms with Gasteiger partial charge in [-0.3, -0.25) is 0 Å². The lowest BCUT2D eigenvalue weighted by Crippen LogP contribution is -2.38. The molecule has 0 atom stereocenters. The van der Waals surface area contributed by atoms with Crippen molar-refractivity contribution in [3.05, 3.63) is 63.5 Å². The minimum Gasteiger partial charge on any atom is -0.358 e. The normalized spacial score (nSPS) is 13.8. The summed E-state index contributed by atoms with van der Waals surface area (Å²) in [6.45, 7) is 0.967. The summed E-state index contributed by atoms with van der Waals surface area (Å²) < 4.78 is 13.6. The number of nitrogens with one attached hydrogen (secondary N) is 2. The molecule has 0 saturated carbocycles. The first kappa shape index (κ1) is 16.2. The fourth-order valence-corrected chi connectivity index (χ4v) is 3.50. The van der Waals surface area contributed by atoms with Crippen LogP contribution in [0.5, 0.6) is 0 Å². The van der Waals surface area contributed by atoms with Crippen molar-refractivity contribution in [1.29, 1.82) is 0 Å². The van der Waals surface area contributed by atoms with Crippen molar-refractivity contribution in [1.82, 2.24) is 9.88 Å². The Morgan fingerprint density at radius 1 is 1.24 bits per heavy atom. The maximum atomic E-state index is 13.6. The fraction of sp³-hybridized carbons (Fsp3) is 0.167. The van der Waals surface area contributed by atoms with Gasteiger partial charge in [0.2, 0.25) is 0 Å². The molecule has 0 fully saturated rings. The minimum absolute atomic E-state index is 0.263. The number of carbonyl (C=O) groups is 1. The molecule has 1 aliphatic heterocycles. The number of urea groups is 1. The SMILES string of the molecule is O=C(Nc1cccc(Cl)c1Cl)N1CCc2[nH]c3ccc(F)cc3c2C1. The lowest BCUT2D eigenvalue weighted by atomic mass is 10.0. The number of anilines is 1. The van der Waals surface area contributed by atoms with Gasteiger partial charge in [0.1, 0.15) is 5.82 Å². The van der Waals surface area contributed by atoms with Gasteiger partial charge in [0.05, 0.1) is 15.7 Å². The summed E-state index contributed by atoms with van der Waals surface area (Å²) in [5, 5.41) is 4.29. The summed E-state index contributed by atoms with van der Waals surface area (Å²) in [6, 6.07) is 9.46. The summed E-state index contributed by atoms with van der Waals surface area (Å²) >= 11 is 12.1. The van der Waals surface area contributed by atoms with Crippen molar-refractivity contribution in [3.8, 4) is 0 Å².